The summed E-state index contributed by atoms with van der Waals surface area (Å²) in [4.78, 5) is 4.76. The van der Waals surface area contributed by atoms with E-state index in [1.165, 1.54) is 48.1 Å². The van der Waals surface area contributed by atoms with Gasteiger partial charge in [0.25, 0.3) is 0 Å². The molecular weight excluding hydrogens is 657 g/mol. The minimum Gasteiger partial charge on any atom is -0.334 e. The summed E-state index contributed by atoms with van der Waals surface area (Å²) in [6.45, 7) is 0. The van der Waals surface area contributed by atoms with E-state index >= 15 is 0 Å². The number of anilines is 5. The largest absolute Gasteiger partial charge is 0.334 e. The van der Waals surface area contributed by atoms with Gasteiger partial charge in [-0.05, 0) is 122 Å². The van der Waals surface area contributed by atoms with Gasteiger partial charge < -0.3 is 9.80 Å². The van der Waals surface area contributed by atoms with Crippen molar-refractivity contribution in [1.29, 1.82) is 10.5 Å². The van der Waals surface area contributed by atoms with Crippen LogP contribution in [0.3, 0.4) is 0 Å². The van der Waals surface area contributed by atoms with Crippen molar-refractivity contribution in [3.8, 4) is 12.1 Å². The van der Waals surface area contributed by atoms with Crippen LogP contribution in [0.1, 0.15) is 17.5 Å². The maximum absolute atomic E-state index is 9.63. The second-order valence-corrected chi connectivity index (χ2v) is 13.9. The van der Waals surface area contributed by atoms with Crippen molar-refractivity contribution in [2.75, 3.05) is 9.80 Å². The second kappa shape index (κ2) is 12.7. The highest BCUT2D eigenvalue weighted by Gasteiger charge is 2.25. The van der Waals surface area contributed by atoms with Crippen LogP contribution in [0.15, 0.2) is 164 Å². The highest BCUT2D eigenvalue weighted by molar-refractivity contribution is 6.28. The molecule has 0 saturated heterocycles. The van der Waals surface area contributed by atoms with E-state index in [-0.39, 0.29) is 6.04 Å². The van der Waals surface area contributed by atoms with Gasteiger partial charge >= 0.3 is 0 Å². The molecule has 0 heterocycles. The Morgan fingerprint density at radius 1 is 0.463 bits per heavy atom. The van der Waals surface area contributed by atoms with Crippen LogP contribution >= 0.6 is 0 Å². The van der Waals surface area contributed by atoms with Crippen LogP contribution in [-0.4, -0.2) is 6.04 Å². The number of benzene rings is 9. The fraction of sp³-hybridized carbons (Fsp3) is 0.0400. The molecule has 54 heavy (non-hydrogen) atoms. The zero-order chi connectivity index (χ0) is 36.2. The number of hydrogen-bond donors (Lipinski definition) is 0. The molecule has 0 spiro atoms. The SMILES string of the molecule is N#Cc1ccc(N(c2ccc3ccccc3c2)c2ccc3ccc4c(N(c5ccc(C#N)cc5)C5C=c6ccccc6=CC5)ccc5ccc2c3c54)cc1. The summed E-state index contributed by atoms with van der Waals surface area (Å²) in [7, 11) is 0. The van der Waals surface area contributed by atoms with Crippen LogP contribution in [-0.2, 0) is 0 Å². The van der Waals surface area contributed by atoms with Gasteiger partial charge in [0, 0.05) is 33.5 Å². The van der Waals surface area contributed by atoms with Crippen LogP contribution in [0.5, 0.6) is 0 Å². The Kier molecular flexibility index (Phi) is 7.36. The van der Waals surface area contributed by atoms with Crippen molar-refractivity contribution in [1.82, 2.24) is 0 Å². The Morgan fingerprint density at radius 2 is 1.00 bits per heavy atom. The maximum atomic E-state index is 9.63. The monoisotopic (exact) mass is 688 g/mol. The van der Waals surface area contributed by atoms with Crippen molar-refractivity contribution in [3.63, 3.8) is 0 Å². The van der Waals surface area contributed by atoms with Crippen LogP contribution in [0.25, 0.3) is 55.2 Å². The second-order valence-electron chi connectivity index (χ2n) is 13.9. The van der Waals surface area contributed by atoms with E-state index in [0.717, 1.165) is 40.2 Å². The lowest BCUT2D eigenvalue weighted by Crippen LogP contribution is -2.37. The topological polar surface area (TPSA) is 54.1 Å². The molecule has 0 radical (unpaired) electrons. The van der Waals surface area contributed by atoms with E-state index < -0.39 is 0 Å². The number of rotatable bonds is 6. The molecule has 4 heteroatoms. The molecular formula is C50H32N4. The maximum Gasteiger partial charge on any atom is 0.0991 e. The van der Waals surface area contributed by atoms with Crippen LogP contribution < -0.4 is 20.2 Å². The van der Waals surface area contributed by atoms with E-state index in [1.807, 2.05) is 36.4 Å². The molecule has 0 amide bonds. The molecule has 9 aromatic rings. The third-order valence-electron chi connectivity index (χ3n) is 10.9. The van der Waals surface area contributed by atoms with Crippen LogP contribution in [0, 0.1) is 22.7 Å². The van der Waals surface area contributed by atoms with Crippen molar-refractivity contribution < 1.29 is 0 Å². The van der Waals surface area contributed by atoms with Gasteiger partial charge in [-0.25, -0.2) is 0 Å². The fourth-order valence-corrected chi connectivity index (χ4v) is 8.36. The predicted molar refractivity (Wildman–Crippen MR) is 223 cm³/mol. The molecule has 1 aliphatic carbocycles. The Balaban J connectivity index is 1.21. The van der Waals surface area contributed by atoms with E-state index in [0.29, 0.717) is 11.1 Å². The molecule has 0 bridgehead atoms. The predicted octanol–water partition coefficient (Wildman–Crippen LogP) is 11.1. The molecule has 1 aliphatic rings. The summed E-state index contributed by atoms with van der Waals surface area (Å²) in [6.07, 6.45) is 5.57. The first-order valence-corrected chi connectivity index (χ1v) is 18.2. The Morgan fingerprint density at radius 3 is 1.69 bits per heavy atom. The first-order chi connectivity index (χ1) is 26.7. The Labute approximate surface area is 312 Å². The molecule has 0 saturated carbocycles. The standard InChI is InChI=1S/C50H32N4/c51-31-33-9-19-41(20-10-33)53(43-23-13-35-5-1-3-7-39(35)29-43)47-27-17-37-16-26-46-48(28-18-38-15-25-45(47)49(37)50(38)46)54(42-21-11-34(32-52)12-22-42)44-24-14-36-6-2-4-8-40(36)30-44/h1-23,25-30,44H,24H2. The van der Waals surface area contributed by atoms with Gasteiger partial charge in [0.2, 0.25) is 0 Å². The number of nitrogens with zero attached hydrogens (tertiary/aromatic N) is 4. The summed E-state index contributed by atoms with van der Waals surface area (Å²) >= 11 is 0. The number of nitriles is 2. The molecule has 0 aliphatic heterocycles. The van der Waals surface area contributed by atoms with Gasteiger partial charge in [-0.3, -0.25) is 0 Å². The highest BCUT2D eigenvalue weighted by Crippen LogP contribution is 2.47. The van der Waals surface area contributed by atoms with Crippen molar-refractivity contribution in [3.05, 3.63) is 185 Å². The normalized spacial score (nSPS) is 13.6. The highest BCUT2D eigenvalue weighted by atomic mass is 15.2. The Hall–Kier alpha value is -7.40. The van der Waals surface area contributed by atoms with Crippen molar-refractivity contribution in [2.24, 2.45) is 0 Å². The lowest BCUT2D eigenvalue weighted by molar-refractivity contribution is 0.840. The van der Waals surface area contributed by atoms with Gasteiger partial charge in [0.1, 0.15) is 0 Å². The third-order valence-corrected chi connectivity index (χ3v) is 10.9. The van der Waals surface area contributed by atoms with Crippen molar-refractivity contribution in [2.45, 2.75) is 12.5 Å². The molecule has 0 fully saturated rings. The first-order valence-electron chi connectivity index (χ1n) is 18.2. The lowest BCUT2D eigenvalue weighted by Gasteiger charge is -2.34. The molecule has 0 aromatic heterocycles. The molecule has 1 unspecified atom stereocenters. The summed E-state index contributed by atoms with van der Waals surface area (Å²) in [6, 6.07) is 62.1. The van der Waals surface area contributed by atoms with E-state index in [2.05, 4.69) is 161 Å². The molecule has 10 rings (SSSR count). The van der Waals surface area contributed by atoms with E-state index in [9.17, 15) is 10.5 Å². The Bertz CT molecular complexity index is 3110. The van der Waals surface area contributed by atoms with Gasteiger partial charge in [-0.2, -0.15) is 10.5 Å². The fourth-order valence-electron chi connectivity index (χ4n) is 8.36. The summed E-state index contributed by atoms with van der Waals surface area (Å²) in [5, 5.41) is 31.2. The molecule has 252 valence electrons. The van der Waals surface area contributed by atoms with Crippen LogP contribution in [0.4, 0.5) is 28.4 Å². The van der Waals surface area contributed by atoms with Crippen LogP contribution in [0.2, 0.25) is 0 Å². The first kappa shape index (κ1) is 31.3. The summed E-state index contributed by atoms with van der Waals surface area (Å²) in [5.74, 6) is 0. The quantitative estimate of drug-likeness (QED) is 0.163. The average molecular weight is 689 g/mol. The van der Waals surface area contributed by atoms with Gasteiger partial charge in [0.15, 0.2) is 0 Å². The van der Waals surface area contributed by atoms with E-state index in [1.54, 1.807) is 0 Å². The van der Waals surface area contributed by atoms with Crippen molar-refractivity contribution >= 4 is 83.7 Å². The smallest absolute Gasteiger partial charge is 0.0991 e. The van der Waals surface area contributed by atoms with Gasteiger partial charge in [-0.15, -0.1) is 0 Å². The zero-order valence-electron chi connectivity index (χ0n) is 29.3. The molecule has 0 N–H and O–H groups in total. The molecule has 4 nitrogen and oxygen atoms in total. The van der Waals surface area contributed by atoms with Gasteiger partial charge in [0.05, 0.1) is 35.0 Å². The summed E-state index contributed by atoms with van der Waals surface area (Å²) in [5.41, 5.74) is 6.54. The minimum absolute atomic E-state index is 0.0710. The minimum atomic E-state index is 0.0710. The molecule has 9 aromatic carbocycles. The third kappa shape index (κ3) is 5.13. The lowest BCUT2D eigenvalue weighted by atomic mass is 9.91. The number of fused-ring (bicyclic) bond motifs is 2. The molecule has 1 atom stereocenters. The van der Waals surface area contributed by atoms with E-state index in [4.69, 9.17) is 0 Å². The van der Waals surface area contributed by atoms with Gasteiger partial charge in [-0.1, -0.05) is 103 Å². The summed E-state index contributed by atoms with van der Waals surface area (Å²) < 4.78 is 0. The number of hydrogen-bond acceptors (Lipinski definition) is 4. The zero-order valence-corrected chi connectivity index (χ0v) is 29.3. The average Bonchev–Trinajstić information content (AvgIpc) is 3.24.